The minimum absolute atomic E-state index is 0.255. The van der Waals surface area contributed by atoms with Gasteiger partial charge in [0.2, 0.25) is 5.91 Å². The number of hydrogen-bond donors (Lipinski definition) is 0. The molecular weight excluding hydrogens is 178 g/mol. The molecule has 0 spiro atoms. The third-order valence-electron chi connectivity index (χ3n) is 3.51. The lowest BCUT2D eigenvalue weighted by molar-refractivity contribution is -0.142. The van der Waals surface area contributed by atoms with Crippen LogP contribution in [0.5, 0.6) is 0 Å². The second-order valence-electron chi connectivity index (χ2n) is 4.70. The summed E-state index contributed by atoms with van der Waals surface area (Å²) >= 11 is 0. The molecule has 1 aliphatic heterocycles. The molecule has 0 radical (unpaired) electrons. The number of nitrogens with zero attached hydrogens (tertiary/aromatic N) is 1. The number of methoxy groups -OCH3 is 1. The zero-order valence-corrected chi connectivity index (χ0v) is 9.03. The summed E-state index contributed by atoms with van der Waals surface area (Å²) in [5, 5.41) is 0. The maximum Gasteiger partial charge on any atom is 0.225 e. The molecule has 2 aliphatic rings. The van der Waals surface area contributed by atoms with Gasteiger partial charge in [0.15, 0.2) is 0 Å². The Morgan fingerprint density at radius 1 is 1.43 bits per heavy atom. The lowest BCUT2D eigenvalue weighted by atomic mass is 9.81. The van der Waals surface area contributed by atoms with Gasteiger partial charge in [-0.2, -0.15) is 0 Å². The number of likely N-dealkylation sites (tertiary alicyclic amines) is 1. The first-order chi connectivity index (χ1) is 6.70. The van der Waals surface area contributed by atoms with Crippen LogP contribution in [0.2, 0.25) is 0 Å². The summed E-state index contributed by atoms with van der Waals surface area (Å²) in [5.41, 5.74) is 0. The Balaban J connectivity index is 1.79. The van der Waals surface area contributed by atoms with Gasteiger partial charge < -0.3 is 9.64 Å². The standard InChI is InChI=1S/C11H19NO2/c1-8-3-4-12(7-8)11(13)9-5-10(6-9)14-2/h8-10H,3-7H2,1-2H3. The zero-order valence-electron chi connectivity index (χ0n) is 9.03. The van der Waals surface area contributed by atoms with Crippen LogP contribution in [0.3, 0.4) is 0 Å². The Kier molecular flexibility index (Phi) is 2.77. The highest BCUT2D eigenvalue weighted by atomic mass is 16.5. The molecule has 1 saturated heterocycles. The van der Waals surface area contributed by atoms with Gasteiger partial charge in [0, 0.05) is 26.1 Å². The van der Waals surface area contributed by atoms with Gasteiger partial charge in [-0.05, 0) is 25.2 Å². The summed E-state index contributed by atoms with van der Waals surface area (Å²) < 4.78 is 5.18. The third kappa shape index (κ3) is 1.78. The molecule has 0 aromatic heterocycles. The average Bonchev–Trinajstić information content (AvgIpc) is 2.49. The van der Waals surface area contributed by atoms with Crippen LogP contribution < -0.4 is 0 Å². The van der Waals surface area contributed by atoms with Crippen LogP contribution in [0.1, 0.15) is 26.2 Å². The van der Waals surface area contributed by atoms with E-state index in [9.17, 15) is 4.79 Å². The first kappa shape index (κ1) is 9.97. The lowest BCUT2D eigenvalue weighted by Crippen LogP contribution is -2.43. The first-order valence-electron chi connectivity index (χ1n) is 5.52. The maximum absolute atomic E-state index is 11.9. The van der Waals surface area contributed by atoms with Crippen molar-refractivity contribution >= 4 is 5.91 Å². The van der Waals surface area contributed by atoms with Crippen molar-refractivity contribution < 1.29 is 9.53 Å². The Morgan fingerprint density at radius 2 is 2.14 bits per heavy atom. The van der Waals surface area contributed by atoms with Gasteiger partial charge in [-0.15, -0.1) is 0 Å². The van der Waals surface area contributed by atoms with Crippen molar-refractivity contribution in [3.05, 3.63) is 0 Å². The molecule has 1 aliphatic carbocycles. The smallest absolute Gasteiger partial charge is 0.225 e. The van der Waals surface area contributed by atoms with Gasteiger partial charge in [-0.25, -0.2) is 0 Å². The van der Waals surface area contributed by atoms with Crippen molar-refractivity contribution in [2.75, 3.05) is 20.2 Å². The van der Waals surface area contributed by atoms with Crippen molar-refractivity contribution in [3.63, 3.8) is 0 Å². The molecule has 3 heteroatoms. The fraction of sp³-hybridized carbons (Fsp3) is 0.909. The fourth-order valence-electron chi connectivity index (χ4n) is 2.35. The van der Waals surface area contributed by atoms with Crippen molar-refractivity contribution in [2.45, 2.75) is 32.3 Å². The summed E-state index contributed by atoms with van der Waals surface area (Å²) in [6, 6.07) is 0. The van der Waals surface area contributed by atoms with Crippen molar-refractivity contribution in [1.29, 1.82) is 0 Å². The van der Waals surface area contributed by atoms with Crippen molar-refractivity contribution in [2.24, 2.45) is 11.8 Å². The van der Waals surface area contributed by atoms with Gasteiger partial charge in [0.25, 0.3) is 0 Å². The normalized spacial score (nSPS) is 37.0. The molecule has 2 fully saturated rings. The van der Waals surface area contributed by atoms with Crippen LogP contribution in [0, 0.1) is 11.8 Å². The minimum atomic E-state index is 0.255. The van der Waals surface area contributed by atoms with Gasteiger partial charge >= 0.3 is 0 Å². The molecule has 2 rings (SSSR count). The highest BCUT2D eigenvalue weighted by Gasteiger charge is 2.38. The Bertz CT molecular complexity index is 223. The van der Waals surface area contributed by atoms with E-state index in [0.29, 0.717) is 17.9 Å². The Morgan fingerprint density at radius 3 is 2.64 bits per heavy atom. The molecule has 0 N–H and O–H groups in total. The monoisotopic (exact) mass is 197 g/mol. The summed E-state index contributed by atoms with van der Waals surface area (Å²) in [4.78, 5) is 13.9. The van der Waals surface area contributed by atoms with Crippen LogP contribution in [0.25, 0.3) is 0 Å². The molecule has 1 amide bonds. The quantitative estimate of drug-likeness (QED) is 0.667. The summed E-state index contributed by atoms with van der Waals surface area (Å²) in [7, 11) is 1.73. The molecule has 80 valence electrons. The van der Waals surface area contributed by atoms with Gasteiger partial charge in [-0.1, -0.05) is 6.92 Å². The molecule has 0 aromatic rings. The van der Waals surface area contributed by atoms with Crippen LogP contribution in [-0.4, -0.2) is 37.1 Å². The SMILES string of the molecule is COC1CC(C(=O)N2CCC(C)C2)C1. The van der Waals surface area contributed by atoms with E-state index in [-0.39, 0.29) is 5.92 Å². The van der Waals surface area contributed by atoms with Crippen molar-refractivity contribution in [1.82, 2.24) is 4.90 Å². The first-order valence-corrected chi connectivity index (χ1v) is 5.52. The van der Waals surface area contributed by atoms with Crippen LogP contribution >= 0.6 is 0 Å². The van der Waals surface area contributed by atoms with E-state index >= 15 is 0 Å². The Hall–Kier alpha value is -0.570. The van der Waals surface area contributed by atoms with Crippen LogP contribution in [-0.2, 0) is 9.53 Å². The van der Waals surface area contributed by atoms with E-state index in [2.05, 4.69) is 6.92 Å². The fourth-order valence-corrected chi connectivity index (χ4v) is 2.35. The molecule has 0 bridgehead atoms. The maximum atomic E-state index is 11.9. The highest BCUT2D eigenvalue weighted by Crippen LogP contribution is 2.32. The number of carbonyl (C=O) groups is 1. The number of hydrogen-bond acceptors (Lipinski definition) is 2. The van der Waals surface area contributed by atoms with E-state index in [4.69, 9.17) is 4.74 Å². The van der Waals surface area contributed by atoms with Gasteiger partial charge in [0.05, 0.1) is 6.10 Å². The summed E-state index contributed by atoms with van der Waals surface area (Å²) in [5.74, 6) is 1.31. The lowest BCUT2D eigenvalue weighted by Gasteiger charge is -2.35. The molecule has 0 aromatic carbocycles. The molecule has 1 saturated carbocycles. The second-order valence-corrected chi connectivity index (χ2v) is 4.70. The number of amides is 1. The largest absolute Gasteiger partial charge is 0.381 e. The van der Waals surface area contributed by atoms with E-state index in [0.717, 1.165) is 25.9 Å². The van der Waals surface area contributed by atoms with E-state index in [1.807, 2.05) is 4.90 Å². The number of ether oxygens (including phenoxy) is 1. The Labute approximate surface area is 85.4 Å². The number of rotatable bonds is 2. The predicted octanol–water partition coefficient (Wildman–Crippen LogP) is 1.28. The molecule has 1 atom stereocenters. The highest BCUT2D eigenvalue weighted by molar-refractivity contribution is 5.80. The van der Waals surface area contributed by atoms with E-state index < -0.39 is 0 Å². The average molecular weight is 197 g/mol. The molecule has 1 unspecified atom stereocenters. The van der Waals surface area contributed by atoms with E-state index in [1.54, 1.807) is 7.11 Å². The van der Waals surface area contributed by atoms with E-state index in [1.165, 1.54) is 6.42 Å². The molecular formula is C11H19NO2. The third-order valence-corrected chi connectivity index (χ3v) is 3.51. The second kappa shape index (κ2) is 3.89. The molecule has 1 heterocycles. The predicted molar refractivity (Wildman–Crippen MR) is 53.9 cm³/mol. The topological polar surface area (TPSA) is 29.5 Å². The minimum Gasteiger partial charge on any atom is -0.381 e. The summed E-state index contributed by atoms with van der Waals surface area (Å²) in [6.45, 7) is 4.15. The zero-order chi connectivity index (χ0) is 10.1. The van der Waals surface area contributed by atoms with Crippen LogP contribution in [0.4, 0.5) is 0 Å². The van der Waals surface area contributed by atoms with Crippen molar-refractivity contribution in [3.8, 4) is 0 Å². The van der Waals surface area contributed by atoms with Gasteiger partial charge in [-0.3, -0.25) is 4.79 Å². The summed E-state index contributed by atoms with van der Waals surface area (Å²) in [6.07, 6.45) is 3.37. The van der Waals surface area contributed by atoms with Gasteiger partial charge in [0.1, 0.15) is 0 Å². The molecule has 3 nitrogen and oxygen atoms in total. The molecule has 14 heavy (non-hydrogen) atoms. The number of carbonyl (C=O) groups excluding carboxylic acids is 1. The van der Waals surface area contributed by atoms with Crippen LogP contribution in [0.15, 0.2) is 0 Å².